The van der Waals surface area contributed by atoms with Crippen LogP contribution in [0.3, 0.4) is 0 Å². The summed E-state index contributed by atoms with van der Waals surface area (Å²) in [6, 6.07) is 10.8. The molecule has 1 fully saturated rings. The van der Waals surface area contributed by atoms with Crippen LogP contribution in [0.15, 0.2) is 48.7 Å². The fourth-order valence-electron chi connectivity index (χ4n) is 5.82. The molecule has 1 saturated carbocycles. The molecule has 0 spiro atoms. The van der Waals surface area contributed by atoms with E-state index in [-0.39, 0.29) is 18.1 Å². The number of benzene rings is 2. The molecule has 4 unspecified atom stereocenters. The van der Waals surface area contributed by atoms with Gasteiger partial charge in [0.1, 0.15) is 12.4 Å². The molecule has 33 heavy (non-hydrogen) atoms. The molecular formula is C27H23F4NO. The molecule has 2 nitrogen and oxygen atoms in total. The third-order valence-electron chi connectivity index (χ3n) is 7.57. The summed E-state index contributed by atoms with van der Waals surface area (Å²) in [4.78, 5) is 4.39. The van der Waals surface area contributed by atoms with Crippen LogP contribution in [0.5, 0.6) is 5.88 Å². The van der Waals surface area contributed by atoms with Crippen molar-refractivity contribution in [2.45, 2.75) is 56.7 Å². The van der Waals surface area contributed by atoms with Gasteiger partial charge in [-0.15, -0.1) is 0 Å². The van der Waals surface area contributed by atoms with Crippen LogP contribution in [-0.4, -0.2) is 4.98 Å². The Morgan fingerprint density at radius 3 is 2.64 bits per heavy atom. The summed E-state index contributed by atoms with van der Waals surface area (Å²) in [7, 11) is 0. The van der Waals surface area contributed by atoms with E-state index in [1.54, 1.807) is 12.1 Å². The Kier molecular flexibility index (Phi) is 4.58. The van der Waals surface area contributed by atoms with Crippen LogP contribution in [0.25, 0.3) is 0 Å². The van der Waals surface area contributed by atoms with Crippen molar-refractivity contribution in [1.29, 1.82) is 0 Å². The van der Waals surface area contributed by atoms with Crippen molar-refractivity contribution in [3.8, 4) is 5.88 Å². The lowest BCUT2D eigenvalue weighted by molar-refractivity contribution is -0.138. The summed E-state index contributed by atoms with van der Waals surface area (Å²) < 4.78 is 61.7. The highest BCUT2D eigenvalue weighted by atomic mass is 19.4. The van der Waals surface area contributed by atoms with Crippen LogP contribution in [0.2, 0.25) is 0 Å². The second-order valence-corrected chi connectivity index (χ2v) is 9.66. The molecule has 2 aromatic carbocycles. The largest absolute Gasteiger partial charge is 0.473 e. The fourth-order valence-corrected chi connectivity index (χ4v) is 5.82. The van der Waals surface area contributed by atoms with E-state index < -0.39 is 23.5 Å². The molecule has 3 aromatic rings. The minimum Gasteiger partial charge on any atom is -0.473 e. The second-order valence-electron chi connectivity index (χ2n) is 9.66. The Hall–Kier alpha value is -2.89. The van der Waals surface area contributed by atoms with Gasteiger partial charge in [0, 0.05) is 23.7 Å². The van der Waals surface area contributed by atoms with Crippen LogP contribution in [0, 0.1) is 11.7 Å². The van der Waals surface area contributed by atoms with Crippen molar-refractivity contribution in [3.05, 3.63) is 93.4 Å². The zero-order valence-electron chi connectivity index (χ0n) is 18.1. The van der Waals surface area contributed by atoms with Crippen molar-refractivity contribution in [1.82, 2.24) is 4.98 Å². The van der Waals surface area contributed by atoms with Gasteiger partial charge in [0.15, 0.2) is 0 Å². The van der Waals surface area contributed by atoms with E-state index in [1.807, 2.05) is 19.2 Å². The van der Waals surface area contributed by atoms with Gasteiger partial charge in [-0.25, -0.2) is 9.37 Å². The summed E-state index contributed by atoms with van der Waals surface area (Å²) in [5.74, 6) is 0.992. The molecule has 3 aliphatic carbocycles. The number of rotatable bonds is 4. The summed E-state index contributed by atoms with van der Waals surface area (Å²) in [5.41, 5.74) is 4.03. The van der Waals surface area contributed by atoms with Crippen LogP contribution >= 0.6 is 0 Å². The fraction of sp³-hybridized carbons (Fsp3) is 0.370. The number of nitrogens with zero attached hydrogens (tertiary/aromatic N) is 1. The molecule has 0 amide bonds. The van der Waals surface area contributed by atoms with Gasteiger partial charge in [0.25, 0.3) is 0 Å². The summed E-state index contributed by atoms with van der Waals surface area (Å²) in [6.07, 6.45) is 0.235. The highest BCUT2D eigenvalue weighted by Gasteiger charge is 2.45. The van der Waals surface area contributed by atoms with E-state index in [9.17, 15) is 17.6 Å². The first kappa shape index (κ1) is 20.7. The van der Waals surface area contributed by atoms with Crippen LogP contribution < -0.4 is 4.74 Å². The third-order valence-corrected chi connectivity index (χ3v) is 7.57. The van der Waals surface area contributed by atoms with E-state index in [1.165, 1.54) is 35.7 Å². The lowest BCUT2D eigenvalue weighted by Crippen LogP contribution is -2.12. The van der Waals surface area contributed by atoms with Gasteiger partial charge in [-0.1, -0.05) is 25.1 Å². The Morgan fingerprint density at radius 1 is 1.00 bits per heavy atom. The Balaban J connectivity index is 1.30. The monoisotopic (exact) mass is 453 g/mol. The molecule has 0 radical (unpaired) electrons. The topological polar surface area (TPSA) is 22.1 Å². The van der Waals surface area contributed by atoms with Crippen molar-refractivity contribution < 1.29 is 22.3 Å². The lowest BCUT2D eigenvalue weighted by atomic mass is 9.88. The Bertz CT molecular complexity index is 1250. The quantitative estimate of drug-likeness (QED) is 0.393. The maximum atomic E-state index is 14.9. The molecular weight excluding hydrogens is 430 g/mol. The van der Waals surface area contributed by atoms with Crippen molar-refractivity contribution in [2.24, 2.45) is 5.92 Å². The molecule has 3 aliphatic rings. The number of hydrogen-bond donors (Lipinski definition) is 0. The predicted octanol–water partition coefficient (Wildman–Crippen LogP) is 7.12. The number of hydrogen-bond acceptors (Lipinski definition) is 2. The Morgan fingerprint density at radius 2 is 1.82 bits per heavy atom. The van der Waals surface area contributed by atoms with Gasteiger partial charge in [-0.2, -0.15) is 13.2 Å². The molecule has 1 aromatic heterocycles. The normalized spacial score (nSPS) is 24.9. The number of alkyl halides is 3. The zero-order valence-corrected chi connectivity index (χ0v) is 18.1. The molecule has 0 bridgehead atoms. The van der Waals surface area contributed by atoms with Gasteiger partial charge in [0.05, 0.1) is 5.56 Å². The average Bonchev–Trinajstić information content (AvgIpc) is 3.35. The van der Waals surface area contributed by atoms with Crippen LogP contribution in [0.4, 0.5) is 17.6 Å². The lowest BCUT2D eigenvalue weighted by Gasteiger charge is -2.19. The number of fused-ring (bicyclic) bond motifs is 4. The minimum atomic E-state index is -4.44. The van der Waals surface area contributed by atoms with E-state index in [4.69, 9.17) is 4.74 Å². The predicted molar refractivity (Wildman–Crippen MR) is 116 cm³/mol. The first-order valence-corrected chi connectivity index (χ1v) is 11.4. The van der Waals surface area contributed by atoms with E-state index >= 15 is 0 Å². The third kappa shape index (κ3) is 3.51. The summed E-state index contributed by atoms with van der Waals surface area (Å²) >= 11 is 0. The molecule has 6 heteroatoms. The van der Waals surface area contributed by atoms with E-state index in [0.717, 1.165) is 29.5 Å². The molecule has 0 N–H and O–H groups in total. The SMILES string of the molecule is CC1CC(c2ccccc2C(F)(F)F)c2cc(COc3cc4c(cn3)C3CC3C4)c(F)cc21. The average molecular weight is 453 g/mol. The zero-order chi connectivity index (χ0) is 22.9. The first-order chi connectivity index (χ1) is 15.8. The molecule has 0 saturated heterocycles. The number of halogens is 4. The van der Waals surface area contributed by atoms with Crippen LogP contribution in [-0.2, 0) is 19.2 Å². The molecule has 1 heterocycles. The summed E-state index contributed by atoms with van der Waals surface area (Å²) in [6.45, 7) is 1.92. The van der Waals surface area contributed by atoms with Crippen molar-refractivity contribution in [2.75, 3.05) is 0 Å². The van der Waals surface area contributed by atoms with E-state index in [0.29, 0.717) is 23.8 Å². The molecule has 4 atom stereocenters. The minimum absolute atomic E-state index is 0.0141. The number of ether oxygens (including phenoxy) is 1. The second kappa shape index (κ2) is 7.31. The van der Waals surface area contributed by atoms with E-state index in [2.05, 4.69) is 4.98 Å². The van der Waals surface area contributed by atoms with Gasteiger partial charge < -0.3 is 4.74 Å². The van der Waals surface area contributed by atoms with Crippen molar-refractivity contribution >= 4 is 0 Å². The highest BCUT2D eigenvalue weighted by Crippen LogP contribution is 2.56. The number of pyridine rings is 1. The smallest absolute Gasteiger partial charge is 0.416 e. The maximum Gasteiger partial charge on any atom is 0.416 e. The van der Waals surface area contributed by atoms with Gasteiger partial charge in [-0.3, -0.25) is 0 Å². The van der Waals surface area contributed by atoms with Gasteiger partial charge in [-0.05, 0) is 83.0 Å². The molecule has 6 rings (SSSR count). The van der Waals surface area contributed by atoms with Crippen molar-refractivity contribution in [3.63, 3.8) is 0 Å². The Labute approximate surface area is 189 Å². The van der Waals surface area contributed by atoms with Gasteiger partial charge in [0.2, 0.25) is 5.88 Å². The first-order valence-electron chi connectivity index (χ1n) is 11.4. The maximum absolute atomic E-state index is 14.9. The summed E-state index contributed by atoms with van der Waals surface area (Å²) in [5, 5.41) is 0. The molecule has 0 aliphatic heterocycles. The number of aromatic nitrogens is 1. The molecule has 170 valence electrons. The van der Waals surface area contributed by atoms with Crippen LogP contribution in [0.1, 0.15) is 76.5 Å². The van der Waals surface area contributed by atoms with Gasteiger partial charge >= 0.3 is 6.18 Å². The highest BCUT2D eigenvalue weighted by molar-refractivity contribution is 5.49. The standard InChI is InChI=1S/C27H23F4NO/c1-14-6-21(18-4-2-3-5-24(18)27(29,30)31)22-9-17(25(28)11-19(14)22)13-33-26-10-16-7-15-8-20(15)23(16)12-32-26/h2-5,9-12,14-15,20-21H,6-8,13H2,1H3.